The lowest BCUT2D eigenvalue weighted by Crippen LogP contribution is -2.55. The van der Waals surface area contributed by atoms with E-state index in [2.05, 4.69) is 15.3 Å². The Bertz CT molecular complexity index is 883. The van der Waals surface area contributed by atoms with Gasteiger partial charge >= 0.3 is 0 Å². The van der Waals surface area contributed by atoms with Crippen molar-refractivity contribution >= 4 is 5.91 Å². The van der Waals surface area contributed by atoms with Crippen molar-refractivity contribution in [3.05, 3.63) is 48.0 Å². The van der Waals surface area contributed by atoms with Crippen molar-refractivity contribution in [1.82, 2.24) is 20.0 Å². The maximum Gasteiger partial charge on any atom is 0.254 e. The highest BCUT2D eigenvalue weighted by atomic mass is 19.1. The van der Waals surface area contributed by atoms with E-state index < -0.39 is 18.0 Å². The Morgan fingerprint density at radius 3 is 2.73 bits per heavy atom. The standard InChI is InChI=1S/C21H27FN4O4/c1-25-12-13(11-23-25)21(29)24-17-10-18(30-16-4-2-3-14(22)9-16)20(28)19(17)26-7-5-15(27)6-8-26/h2-4,9,11-12,15,17-20,27-28H,5-8,10H2,1H3,(H,24,29)/t17-,18-,19+,20+/m1/s1. The average molecular weight is 418 g/mol. The molecule has 4 atom stereocenters. The molecule has 2 heterocycles. The van der Waals surface area contributed by atoms with Gasteiger partial charge in [-0.1, -0.05) is 6.07 Å². The monoisotopic (exact) mass is 418 g/mol. The summed E-state index contributed by atoms with van der Waals surface area (Å²) < 4.78 is 21.0. The minimum absolute atomic E-state index is 0.270. The van der Waals surface area contributed by atoms with E-state index in [-0.39, 0.29) is 24.1 Å². The smallest absolute Gasteiger partial charge is 0.254 e. The molecule has 1 aliphatic heterocycles. The maximum absolute atomic E-state index is 13.5. The number of halogens is 1. The summed E-state index contributed by atoms with van der Waals surface area (Å²) in [5, 5.41) is 28.0. The van der Waals surface area contributed by atoms with Crippen LogP contribution in [0.4, 0.5) is 4.39 Å². The summed E-state index contributed by atoms with van der Waals surface area (Å²) in [7, 11) is 1.74. The third kappa shape index (κ3) is 4.48. The Labute approximate surface area is 174 Å². The molecule has 162 valence electrons. The average Bonchev–Trinajstić information content (AvgIpc) is 3.27. The molecule has 0 unspecified atom stereocenters. The summed E-state index contributed by atoms with van der Waals surface area (Å²) >= 11 is 0. The second-order valence-electron chi connectivity index (χ2n) is 8.08. The summed E-state index contributed by atoms with van der Waals surface area (Å²) in [6.45, 7) is 1.24. The van der Waals surface area contributed by atoms with Crippen LogP contribution in [0.2, 0.25) is 0 Å². The van der Waals surface area contributed by atoms with Crippen LogP contribution in [0.1, 0.15) is 29.6 Å². The molecule has 0 spiro atoms. The number of amides is 1. The van der Waals surface area contributed by atoms with Gasteiger partial charge in [0, 0.05) is 38.8 Å². The first-order valence-corrected chi connectivity index (χ1v) is 10.2. The number of likely N-dealkylation sites (tertiary alicyclic amines) is 1. The van der Waals surface area contributed by atoms with Crippen LogP contribution >= 0.6 is 0 Å². The van der Waals surface area contributed by atoms with Gasteiger partial charge in [0.1, 0.15) is 23.8 Å². The number of carbonyl (C=O) groups is 1. The number of nitrogens with one attached hydrogen (secondary N) is 1. The number of aliphatic hydroxyl groups is 2. The lowest BCUT2D eigenvalue weighted by atomic mass is 10.0. The minimum Gasteiger partial charge on any atom is -0.487 e. The van der Waals surface area contributed by atoms with Crippen LogP contribution in [-0.2, 0) is 7.05 Å². The van der Waals surface area contributed by atoms with Crippen molar-refractivity contribution in [3.8, 4) is 5.75 Å². The Morgan fingerprint density at radius 1 is 1.30 bits per heavy atom. The van der Waals surface area contributed by atoms with Gasteiger partial charge in [-0.2, -0.15) is 5.10 Å². The molecule has 0 radical (unpaired) electrons. The number of benzene rings is 1. The number of carbonyl (C=O) groups excluding carboxylic acids is 1. The molecule has 8 nitrogen and oxygen atoms in total. The maximum atomic E-state index is 13.5. The van der Waals surface area contributed by atoms with Gasteiger partial charge in [-0.3, -0.25) is 14.4 Å². The van der Waals surface area contributed by atoms with E-state index in [9.17, 15) is 19.4 Å². The Balaban J connectivity index is 1.52. The van der Waals surface area contributed by atoms with E-state index in [0.717, 1.165) is 0 Å². The molecular formula is C21H27FN4O4. The van der Waals surface area contributed by atoms with Gasteiger partial charge in [0.2, 0.25) is 0 Å². The number of aliphatic hydroxyl groups excluding tert-OH is 2. The van der Waals surface area contributed by atoms with E-state index in [0.29, 0.717) is 43.7 Å². The molecule has 4 rings (SSSR count). The number of hydrogen-bond donors (Lipinski definition) is 3. The summed E-state index contributed by atoms with van der Waals surface area (Å²) in [4.78, 5) is 14.8. The number of ether oxygens (including phenoxy) is 1. The van der Waals surface area contributed by atoms with Crippen LogP contribution in [0.25, 0.3) is 0 Å². The van der Waals surface area contributed by atoms with Crippen LogP contribution in [-0.4, -0.2) is 74.3 Å². The van der Waals surface area contributed by atoms with Crippen molar-refractivity contribution in [2.45, 2.75) is 49.7 Å². The molecular weight excluding hydrogens is 391 g/mol. The SMILES string of the molecule is Cn1cc(C(=O)N[C@@H]2C[C@@H](Oc3cccc(F)c3)[C@H](O)[C@H]2N2CCC(O)CC2)cn1. The molecule has 1 amide bonds. The van der Waals surface area contributed by atoms with Gasteiger partial charge in [0.25, 0.3) is 5.91 Å². The third-order valence-corrected chi connectivity index (χ3v) is 5.92. The zero-order valence-electron chi connectivity index (χ0n) is 16.8. The number of aromatic nitrogens is 2. The van der Waals surface area contributed by atoms with Gasteiger partial charge in [0.15, 0.2) is 0 Å². The van der Waals surface area contributed by atoms with Crippen LogP contribution < -0.4 is 10.1 Å². The quantitative estimate of drug-likeness (QED) is 0.661. The molecule has 9 heteroatoms. The lowest BCUT2D eigenvalue weighted by molar-refractivity contribution is -0.0145. The molecule has 2 fully saturated rings. The van der Waals surface area contributed by atoms with E-state index in [4.69, 9.17) is 4.74 Å². The molecule has 0 bridgehead atoms. The highest BCUT2D eigenvalue weighted by Crippen LogP contribution is 2.31. The topological polar surface area (TPSA) is 99.9 Å². The molecule has 2 aromatic rings. The van der Waals surface area contributed by atoms with E-state index in [1.54, 1.807) is 30.1 Å². The number of aryl methyl sites for hydroxylation is 1. The molecule has 30 heavy (non-hydrogen) atoms. The first kappa shape index (κ1) is 20.8. The second kappa shape index (κ2) is 8.71. The van der Waals surface area contributed by atoms with Gasteiger partial charge in [0.05, 0.1) is 29.9 Å². The predicted octanol–water partition coefficient (Wildman–Crippen LogP) is 0.695. The lowest BCUT2D eigenvalue weighted by Gasteiger charge is -2.38. The Morgan fingerprint density at radius 2 is 2.07 bits per heavy atom. The highest BCUT2D eigenvalue weighted by Gasteiger charge is 2.48. The summed E-state index contributed by atoms with van der Waals surface area (Å²) in [5.41, 5.74) is 0.439. The zero-order valence-corrected chi connectivity index (χ0v) is 16.8. The van der Waals surface area contributed by atoms with E-state index in [1.165, 1.54) is 18.3 Å². The van der Waals surface area contributed by atoms with Crippen molar-refractivity contribution < 1.29 is 24.1 Å². The Kier molecular flexibility index (Phi) is 6.03. The fourth-order valence-electron chi connectivity index (χ4n) is 4.41. The van der Waals surface area contributed by atoms with Crippen LogP contribution in [0.5, 0.6) is 5.75 Å². The largest absolute Gasteiger partial charge is 0.487 e. The summed E-state index contributed by atoms with van der Waals surface area (Å²) in [5.74, 6) is -0.345. The van der Waals surface area contributed by atoms with E-state index in [1.807, 2.05) is 0 Å². The second-order valence-corrected chi connectivity index (χ2v) is 8.08. The van der Waals surface area contributed by atoms with Crippen LogP contribution in [0, 0.1) is 5.82 Å². The number of hydrogen-bond acceptors (Lipinski definition) is 6. The summed E-state index contributed by atoms with van der Waals surface area (Å²) in [6.07, 6.45) is 2.92. The van der Waals surface area contributed by atoms with Crippen molar-refractivity contribution in [2.24, 2.45) is 7.05 Å². The summed E-state index contributed by atoms with van der Waals surface area (Å²) in [6, 6.07) is 5.08. The fourth-order valence-corrected chi connectivity index (χ4v) is 4.41. The predicted molar refractivity (Wildman–Crippen MR) is 107 cm³/mol. The van der Waals surface area contributed by atoms with Crippen molar-refractivity contribution in [3.63, 3.8) is 0 Å². The molecule has 1 aliphatic carbocycles. The number of nitrogens with zero attached hydrogens (tertiary/aromatic N) is 3. The number of piperidine rings is 1. The molecule has 1 aromatic heterocycles. The van der Waals surface area contributed by atoms with Gasteiger partial charge in [-0.05, 0) is 25.0 Å². The molecule has 3 N–H and O–H groups in total. The number of rotatable bonds is 5. The van der Waals surface area contributed by atoms with Crippen molar-refractivity contribution in [1.29, 1.82) is 0 Å². The molecule has 1 aromatic carbocycles. The van der Waals surface area contributed by atoms with Crippen LogP contribution in [0.15, 0.2) is 36.7 Å². The van der Waals surface area contributed by atoms with Crippen LogP contribution in [0.3, 0.4) is 0 Å². The van der Waals surface area contributed by atoms with Gasteiger partial charge in [-0.25, -0.2) is 4.39 Å². The first-order valence-electron chi connectivity index (χ1n) is 10.2. The first-order chi connectivity index (χ1) is 14.4. The van der Waals surface area contributed by atoms with Gasteiger partial charge in [-0.15, -0.1) is 0 Å². The minimum atomic E-state index is -0.872. The molecule has 1 saturated carbocycles. The van der Waals surface area contributed by atoms with Gasteiger partial charge < -0.3 is 20.3 Å². The van der Waals surface area contributed by atoms with E-state index >= 15 is 0 Å². The normalized spacial score (nSPS) is 27.9. The Hall–Kier alpha value is -2.49. The zero-order chi connectivity index (χ0) is 21.3. The fraction of sp³-hybridized carbons (Fsp3) is 0.524. The molecule has 2 aliphatic rings. The molecule has 1 saturated heterocycles. The highest BCUT2D eigenvalue weighted by molar-refractivity contribution is 5.94. The van der Waals surface area contributed by atoms with Crippen molar-refractivity contribution in [2.75, 3.05) is 13.1 Å². The third-order valence-electron chi connectivity index (χ3n) is 5.92.